The lowest BCUT2D eigenvalue weighted by Crippen LogP contribution is -2.13. The summed E-state index contributed by atoms with van der Waals surface area (Å²) in [6, 6.07) is 16.7. The summed E-state index contributed by atoms with van der Waals surface area (Å²) in [5.41, 5.74) is 0.437. The molecule has 0 heterocycles. The van der Waals surface area contributed by atoms with Crippen molar-refractivity contribution in [3.63, 3.8) is 0 Å². The maximum absolute atomic E-state index is 12.5. The standard InChI is InChI=1S/C16H12INO3S/c17-11-5-7-12(8-6-11)22(20,21)18-15-9-10-16(19)14-4-2-1-3-13(14)15/h1-10,18-19H. The number of nitrogens with one attached hydrogen (secondary N) is 1. The molecule has 0 radical (unpaired) electrons. The second kappa shape index (κ2) is 5.77. The molecule has 0 aliphatic carbocycles. The van der Waals surface area contributed by atoms with Gasteiger partial charge < -0.3 is 5.11 Å². The zero-order valence-electron chi connectivity index (χ0n) is 11.3. The van der Waals surface area contributed by atoms with E-state index in [1.165, 1.54) is 6.07 Å². The predicted molar refractivity (Wildman–Crippen MR) is 95.6 cm³/mol. The summed E-state index contributed by atoms with van der Waals surface area (Å²) >= 11 is 2.12. The van der Waals surface area contributed by atoms with Gasteiger partial charge in [0, 0.05) is 14.3 Å². The van der Waals surface area contributed by atoms with Crippen molar-refractivity contribution in [2.24, 2.45) is 0 Å². The molecule has 3 aromatic rings. The average Bonchev–Trinajstić information content (AvgIpc) is 2.51. The van der Waals surface area contributed by atoms with Gasteiger partial charge in [-0.1, -0.05) is 24.3 Å². The van der Waals surface area contributed by atoms with Crippen LogP contribution < -0.4 is 4.72 Å². The van der Waals surface area contributed by atoms with Crippen LogP contribution in [-0.2, 0) is 10.0 Å². The molecular formula is C16H12INO3S. The number of phenolic OH excluding ortho intramolecular Hbond substituents is 1. The molecule has 0 amide bonds. The fourth-order valence-corrected chi connectivity index (χ4v) is 3.63. The molecule has 0 fully saturated rings. The van der Waals surface area contributed by atoms with Crippen molar-refractivity contribution in [1.82, 2.24) is 0 Å². The molecule has 6 heteroatoms. The van der Waals surface area contributed by atoms with Gasteiger partial charge in [0.2, 0.25) is 0 Å². The molecule has 0 unspecified atom stereocenters. The molecule has 0 spiro atoms. The van der Waals surface area contributed by atoms with Crippen LogP contribution in [0.25, 0.3) is 10.8 Å². The normalized spacial score (nSPS) is 11.5. The van der Waals surface area contributed by atoms with Crippen LogP contribution in [0.1, 0.15) is 0 Å². The molecule has 0 aromatic heterocycles. The topological polar surface area (TPSA) is 66.4 Å². The summed E-state index contributed by atoms with van der Waals surface area (Å²) in [6.07, 6.45) is 0. The Bertz CT molecular complexity index is 937. The van der Waals surface area contributed by atoms with Gasteiger partial charge in [0.25, 0.3) is 10.0 Å². The first-order valence-electron chi connectivity index (χ1n) is 6.46. The van der Waals surface area contributed by atoms with E-state index in [0.29, 0.717) is 16.5 Å². The molecule has 112 valence electrons. The number of sulfonamides is 1. The Balaban J connectivity index is 2.06. The maximum Gasteiger partial charge on any atom is 0.261 e. The molecule has 0 atom stereocenters. The van der Waals surface area contributed by atoms with Gasteiger partial charge in [0.1, 0.15) is 5.75 Å². The van der Waals surface area contributed by atoms with Crippen molar-refractivity contribution < 1.29 is 13.5 Å². The van der Waals surface area contributed by atoms with Crippen molar-refractivity contribution >= 4 is 49.1 Å². The molecule has 0 saturated carbocycles. The molecule has 4 nitrogen and oxygen atoms in total. The van der Waals surface area contributed by atoms with Gasteiger partial charge in [0.15, 0.2) is 0 Å². The third-order valence-corrected chi connectivity index (χ3v) is 5.37. The molecule has 22 heavy (non-hydrogen) atoms. The van der Waals surface area contributed by atoms with E-state index in [9.17, 15) is 13.5 Å². The summed E-state index contributed by atoms with van der Waals surface area (Å²) in [5, 5.41) is 11.1. The number of phenols is 1. The van der Waals surface area contributed by atoms with E-state index in [0.717, 1.165) is 3.57 Å². The third-order valence-electron chi connectivity index (χ3n) is 3.27. The Morgan fingerprint density at radius 1 is 0.864 bits per heavy atom. The minimum absolute atomic E-state index is 0.118. The molecule has 2 N–H and O–H groups in total. The van der Waals surface area contributed by atoms with Crippen LogP contribution in [0, 0.1) is 3.57 Å². The van der Waals surface area contributed by atoms with Gasteiger partial charge >= 0.3 is 0 Å². The van der Waals surface area contributed by atoms with E-state index < -0.39 is 10.0 Å². The van der Waals surface area contributed by atoms with Gasteiger partial charge in [-0.15, -0.1) is 0 Å². The summed E-state index contributed by atoms with van der Waals surface area (Å²) in [7, 11) is -3.67. The van der Waals surface area contributed by atoms with E-state index in [1.807, 2.05) is 0 Å². The summed E-state index contributed by atoms with van der Waals surface area (Å²) < 4.78 is 28.5. The molecule has 3 rings (SSSR count). The molecule has 0 aliphatic rings. The smallest absolute Gasteiger partial charge is 0.261 e. The van der Waals surface area contributed by atoms with Gasteiger partial charge in [0.05, 0.1) is 10.6 Å². The molecule has 0 bridgehead atoms. The number of rotatable bonds is 3. The first kappa shape index (κ1) is 15.1. The van der Waals surface area contributed by atoms with Gasteiger partial charge in [-0.2, -0.15) is 0 Å². The SMILES string of the molecule is O=S(=O)(Nc1ccc(O)c2ccccc12)c1ccc(I)cc1. The van der Waals surface area contributed by atoms with Gasteiger partial charge in [-0.25, -0.2) is 8.42 Å². The van der Waals surface area contributed by atoms with Crippen LogP contribution in [0.4, 0.5) is 5.69 Å². The van der Waals surface area contributed by atoms with Crippen LogP contribution in [-0.4, -0.2) is 13.5 Å². The van der Waals surface area contributed by atoms with Crippen LogP contribution >= 0.6 is 22.6 Å². The summed E-state index contributed by atoms with van der Waals surface area (Å²) in [6.45, 7) is 0. The third kappa shape index (κ3) is 2.89. The quantitative estimate of drug-likeness (QED) is 0.494. The van der Waals surface area contributed by atoms with Gasteiger partial charge in [-0.05, 0) is 59.0 Å². The van der Waals surface area contributed by atoms with Crippen molar-refractivity contribution in [3.8, 4) is 5.75 Å². The summed E-state index contributed by atoms with van der Waals surface area (Å²) in [4.78, 5) is 0.199. The Kier molecular flexibility index (Phi) is 3.96. The zero-order chi connectivity index (χ0) is 15.7. The Morgan fingerprint density at radius 3 is 2.18 bits per heavy atom. The van der Waals surface area contributed by atoms with Crippen LogP contribution in [0.2, 0.25) is 0 Å². The predicted octanol–water partition coefficient (Wildman–Crippen LogP) is 3.95. The number of hydrogen-bond donors (Lipinski definition) is 2. The van der Waals surface area contributed by atoms with Gasteiger partial charge in [-0.3, -0.25) is 4.72 Å². The van der Waals surface area contributed by atoms with Crippen molar-refractivity contribution in [2.45, 2.75) is 4.90 Å². The zero-order valence-corrected chi connectivity index (χ0v) is 14.3. The fraction of sp³-hybridized carbons (Fsp3) is 0. The highest BCUT2D eigenvalue weighted by atomic mass is 127. The Hall–Kier alpha value is -1.80. The van der Waals surface area contributed by atoms with Crippen molar-refractivity contribution in [1.29, 1.82) is 0 Å². The second-order valence-corrected chi connectivity index (χ2v) is 7.67. The average molecular weight is 425 g/mol. The number of hydrogen-bond acceptors (Lipinski definition) is 3. The molecule has 3 aromatic carbocycles. The minimum atomic E-state index is -3.67. The Morgan fingerprint density at radius 2 is 1.50 bits per heavy atom. The lowest BCUT2D eigenvalue weighted by Gasteiger charge is -2.11. The lowest BCUT2D eigenvalue weighted by atomic mass is 10.1. The van der Waals surface area contributed by atoms with Crippen molar-refractivity contribution in [3.05, 3.63) is 64.2 Å². The summed E-state index contributed by atoms with van der Waals surface area (Å²) in [5.74, 6) is 0.118. The second-order valence-electron chi connectivity index (χ2n) is 4.74. The van der Waals surface area contributed by atoms with E-state index in [-0.39, 0.29) is 10.6 Å². The minimum Gasteiger partial charge on any atom is -0.507 e. The monoisotopic (exact) mass is 425 g/mol. The molecule has 0 aliphatic heterocycles. The van der Waals surface area contributed by atoms with E-state index in [4.69, 9.17) is 0 Å². The lowest BCUT2D eigenvalue weighted by molar-refractivity contribution is 0.481. The van der Waals surface area contributed by atoms with E-state index >= 15 is 0 Å². The number of benzene rings is 3. The van der Waals surface area contributed by atoms with Crippen molar-refractivity contribution in [2.75, 3.05) is 4.72 Å². The highest BCUT2D eigenvalue weighted by molar-refractivity contribution is 14.1. The fourth-order valence-electron chi connectivity index (χ4n) is 2.19. The number of anilines is 1. The highest BCUT2D eigenvalue weighted by Gasteiger charge is 2.16. The number of aromatic hydroxyl groups is 1. The largest absolute Gasteiger partial charge is 0.507 e. The van der Waals surface area contributed by atoms with E-state index in [2.05, 4.69) is 27.3 Å². The molecular weight excluding hydrogens is 413 g/mol. The first-order chi connectivity index (χ1) is 10.5. The first-order valence-corrected chi connectivity index (χ1v) is 9.03. The van der Waals surface area contributed by atoms with Crippen LogP contribution in [0.3, 0.4) is 0 Å². The van der Waals surface area contributed by atoms with Crippen LogP contribution in [0.15, 0.2) is 65.6 Å². The van der Waals surface area contributed by atoms with Crippen LogP contribution in [0.5, 0.6) is 5.75 Å². The molecule has 0 saturated heterocycles. The number of fused-ring (bicyclic) bond motifs is 1. The number of halogens is 1. The Labute approximate surface area is 142 Å². The highest BCUT2D eigenvalue weighted by Crippen LogP contribution is 2.31. The van der Waals surface area contributed by atoms with E-state index in [1.54, 1.807) is 54.6 Å². The maximum atomic E-state index is 12.5.